The molecule has 1 aromatic heterocycles. The molecule has 0 radical (unpaired) electrons. The maximum absolute atomic E-state index is 12.6. The summed E-state index contributed by atoms with van der Waals surface area (Å²) in [7, 11) is 0. The lowest BCUT2D eigenvalue weighted by molar-refractivity contribution is -0.127. The zero-order valence-corrected chi connectivity index (χ0v) is 13.3. The highest BCUT2D eigenvalue weighted by atomic mass is 16.3. The van der Waals surface area contributed by atoms with Gasteiger partial charge in [0, 0.05) is 12.6 Å². The van der Waals surface area contributed by atoms with Gasteiger partial charge < -0.3 is 9.32 Å². The van der Waals surface area contributed by atoms with Crippen LogP contribution in [0.4, 0.5) is 0 Å². The third-order valence-electron chi connectivity index (χ3n) is 3.67. The first kappa shape index (κ1) is 15.8. The molecule has 3 rings (SSSR count). The molecule has 0 spiro atoms. The van der Waals surface area contributed by atoms with Gasteiger partial charge in [0.1, 0.15) is 5.76 Å². The minimum absolute atomic E-state index is 0.0425. The Labute approximate surface area is 141 Å². The minimum Gasteiger partial charge on any atom is -0.467 e. The molecule has 0 fully saturated rings. The molecule has 0 aliphatic rings. The van der Waals surface area contributed by atoms with Crippen molar-refractivity contribution in [2.24, 2.45) is 0 Å². The van der Waals surface area contributed by atoms with Crippen LogP contribution in [0.1, 0.15) is 16.9 Å². The van der Waals surface area contributed by atoms with E-state index in [4.69, 9.17) is 4.42 Å². The van der Waals surface area contributed by atoms with E-state index in [9.17, 15) is 4.79 Å². The fourth-order valence-corrected chi connectivity index (χ4v) is 2.44. The van der Waals surface area contributed by atoms with Crippen molar-refractivity contribution in [2.75, 3.05) is 0 Å². The van der Waals surface area contributed by atoms with E-state index < -0.39 is 0 Å². The summed E-state index contributed by atoms with van der Waals surface area (Å²) in [6, 6.07) is 23.5. The Morgan fingerprint density at radius 1 is 0.875 bits per heavy atom. The quantitative estimate of drug-likeness (QED) is 0.626. The van der Waals surface area contributed by atoms with Gasteiger partial charge in [-0.1, -0.05) is 60.7 Å². The Kier molecular flexibility index (Phi) is 5.25. The van der Waals surface area contributed by atoms with Gasteiger partial charge in [-0.25, -0.2) is 0 Å². The summed E-state index contributed by atoms with van der Waals surface area (Å²) in [4.78, 5) is 14.4. The van der Waals surface area contributed by atoms with E-state index in [1.54, 1.807) is 17.2 Å². The van der Waals surface area contributed by atoms with Crippen LogP contribution >= 0.6 is 0 Å². The van der Waals surface area contributed by atoms with Crippen LogP contribution in [0, 0.1) is 0 Å². The molecule has 0 saturated carbocycles. The lowest BCUT2D eigenvalue weighted by Crippen LogP contribution is -2.28. The highest BCUT2D eigenvalue weighted by molar-refractivity contribution is 5.91. The van der Waals surface area contributed by atoms with Gasteiger partial charge >= 0.3 is 0 Å². The van der Waals surface area contributed by atoms with Crippen molar-refractivity contribution < 1.29 is 9.21 Å². The van der Waals surface area contributed by atoms with Crippen molar-refractivity contribution in [3.8, 4) is 0 Å². The number of rotatable bonds is 6. The van der Waals surface area contributed by atoms with Gasteiger partial charge in [0.25, 0.3) is 0 Å². The van der Waals surface area contributed by atoms with Crippen molar-refractivity contribution in [3.63, 3.8) is 0 Å². The average molecular weight is 317 g/mol. The summed E-state index contributed by atoms with van der Waals surface area (Å²) in [6.07, 6.45) is 5.07. The van der Waals surface area contributed by atoms with Crippen LogP contribution in [-0.4, -0.2) is 10.8 Å². The molecular formula is C21H19NO2. The Balaban J connectivity index is 1.75. The number of benzene rings is 2. The molecule has 0 atom stereocenters. The highest BCUT2D eigenvalue weighted by Gasteiger charge is 2.13. The van der Waals surface area contributed by atoms with Crippen LogP contribution in [0.15, 0.2) is 89.6 Å². The standard InChI is InChI=1S/C21H19NO2/c23-21(14-13-18-8-3-1-4-9-18)22(17-20-12-7-15-24-20)16-19-10-5-2-6-11-19/h1-15H,16-17H2. The molecule has 120 valence electrons. The Morgan fingerprint density at radius 3 is 2.25 bits per heavy atom. The SMILES string of the molecule is O=C(C=Cc1ccccc1)N(Cc1ccccc1)Cc1ccco1. The molecule has 0 saturated heterocycles. The van der Waals surface area contributed by atoms with E-state index in [0.717, 1.165) is 16.9 Å². The summed E-state index contributed by atoms with van der Waals surface area (Å²) >= 11 is 0. The summed E-state index contributed by atoms with van der Waals surface area (Å²) in [5.41, 5.74) is 2.09. The van der Waals surface area contributed by atoms with Gasteiger partial charge in [-0.3, -0.25) is 4.79 Å². The number of nitrogens with zero attached hydrogens (tertiary/aromatic N) is 1. The maximum atomic E-state index is 12.6. The topological polar surface area (TPSA) is 33.5 Å². The van der Waals surface area contributed by atoms with Crippen LogP contribution < -0.4 is 0 Å². The van der Waals surface area contributed by atoms with Gasteiger partial charge in [-0.2, -0.15) is 0 Å². The maximum Gasteiger partial charge on any atom is 0.247 e. The van der Waals surface area contributed by atoms with Crippen molar-refractivity contribution >= 4 is 12.0 Å². The zero-order valence-electron chi connectivity index (χ0n) is 13.3. The highest BCUT2D eigenvalue weighted by Crippen LogP contribution is 2.12. The number of carbonyl (C=O) groups excluding carboxylic acids is 1. The first-order valence-corrected chi connectivity index (χ1v) is 7.89. The summed E-state index contributed by atoms with van der Waals surface area (Å²) in [6.45, 7) is 0.985. The molecule has 3 nitrogen and oxygen atoms in total. The zero-order chi connectivity index (χ0) is 16.6. The van der Waals surface area contributed by atoms with Gasteiger partial charge in [0.2, 0.25) is 5.91 Å². The molecule has 0 aliphatic carbocycles. The molecule has 0 N–H and O–H groups in total. The average Bonchev–Trinajstić information content (AvgIpc) is 3.14. The van der Waals surface area contributed by atoms with Crippen molar-refractivity contribution in [1.82, 2.24) is 4.90 Å². The lowest BCUT2D eigenvalue weighted by Gasteiger charge is -2.20. The van der Waals surface area contributed by atoms with Crippen molar-refractivity contribution in [1.29, 1.82) is 0 Å². The molecular weight excluding hydrogens is 298 g/mol. The first-order chi connectivity index (χ1) is 11.8. The second kappa shape index (κ2) is 7.97. The van der Waals surface area contributed by atoms with Crippen molar-refractivity contribution in [3.05, 3.63) is 102 Å². The molecule has 3 heteroatoms. The minimum atomic E-state index is -0.0425. The lowest BCUT2D eigenvalue weighted by atomic mass is 10.2. The molecule has 0 aliphatic heterocycles. The molecule has 1 heterocycles. The van der Waals surface area contributed by atoms with E-state index in [2.05, 4.69) is 0 Å². The molecule has 0 unspecified atom stereocenters. The van der Waals surface area contributed by atoms with Crippen LogP contribution in [-0.2, 0) is 17.9 Å². The van der Waals surface area contributed by atoms with E-state index in [-0.39, 0.29) is 5.91 Å². The molecule has 0 bridgehead atoms. The fraction of sp³-hybridized carbons (Fsp3) is 0.0952. The monoisotopic (exact) mass is 317 g/mol. The van der Waals surface area contributed by atoms with Crippen LogP contribution in [0.3, 0.4) is 0 Å². The molecule has 24 heavy (non-hydrogen) atoms. The largest absolute Gasteiger partial charge is 0.467 e. The third-order valence-corrected chi connectivity index (χ3v) is 3.67. The Morgan fingerprint density at radius 2 is 1.58 bits per heavy atom. The van der Waals surface area contributed by atoms with Crippen LogP contribution in [0.2, 0.25) is 0 Å². The number of amides is 1. The second-order valence-electron chi connectivity index (χ2n) is 5.50. The van der Waals surface area contributed by atoms with E-state index in [1.807, 2.05) is 78.9 Å². The predicted octanol–water partition coefficient (Wildman–Crippen LogP) is 4.52. The van der Waals surface area contributed by atoms with Gasteiger partial charge in [0.05, 0.1) is 12.8 Å². The van der Waals surface area contributed by atoms with Crippen LogP contribution in [0.25, 0.3) is 6.08 Å². The van der Waals surface area contributed by atoms with Gasteiger partial charge in [-0.05, 0) is 29.3 Å². The van der Waals surface area contributed by atoms with Crippen molar-refractivity contribution in [2.45, 2.75) is 13.1 Å². The van der Waals surface area contributed by atoms with E-state index in [1.165, 1.54) is 0 Å². The predicted molar refractivity (Wildman–Crippen MR) is 94.9 cm³/mol. The normalized spacial score (nSPS) is 10.8. The number of carbonyl (C=O) groups is 1. The Bertz CT molecular complexity index is 777. The first-order valence-electron chi connectivity index (χ1n) is 7.89. The van der Waals surface area contributed by atoms with Gasteiger partial charge in [0.15, 0.2) is 0 Å². The summed E-state index contributed by atoms with van der Waals surface area (Å²) in [5.74, 6) is 0.728. The van der Waals surface area contributed by atoms with Gasteiger partial charge in [-0.15, -0.1) is 0 Å². The molecule has 2 aromatic carbocycles. The number of hydrogen-bond donors (Lipinski definition) is 0. The summed E-state index contributed by atoms with van der Waals surface area (Å²) < 4.78 is 5.40. The van der Waals surface area contributed by atoms with E-state index in [0.29, 0.717) is 13.1 Å². The smallest absolute Gasteiger partial charge is 0.247 e. The number of furan rings is 1. The number of hydrogen-bond acceptors (Lipinski definition) is 2. The summed E-state index contributed by atoms with van der Waals surface area (Å²) in [5, 5.41) is 0. The molecule has 1 amide bonds. The fourth-order valence-electron chi connectivity index (χ4n) is 2.44. The molecule has 3 aromatic rings. The van der Waals surface area contributed by atoms with E-state index >= 15 is 0 Å². The van der Waals surface area contributed by atoms with Crippen LogP contribution in [0.5, 0.6) is 0 Å². The second-order valence-corrected chi connectivity index (χ2v) is 5.50. The Hall–Kier alpha value is -3.07. The third kappa shape index (κ3) is 4.46.